The summed E-state index contributed by atoms with van der Waals surface area (Å²) in [6, 6.07) is 9.82. The average molecular weight is 264 g/mol. The van der Waals surface area contributed by atoms with Gasteiger partial charge in [-0.25, -0.2) is 8.42 Å². The first kappa shape index (κ1) is 14.0. The van der Waals surface area contributed by atoms with Crippen molar-refractivity contribution in [1.82, 2.24) is 4.31 Å². The summed E-state index contributed by atoms with van der Waals surface area (Å²) in [5.41, 5.74) is 0.429. The second kappa shape index (κ2) is 6.01. The molecule has 0 aromatic heterocycles. The van der Waals surface area contributed by atoms with E-state index >= 15 is 0 Å². The molecule has 0 aliphatic rings. The summed E-state index contributed by atoms with van der Waals surface area (Å²) in [4.78, 5) is 0.0537. The molecule has 0 aliphatic heterocycles. The number of nitrogens with zero attached hydrogens (tertiary/aromatic N) is 3. The molecule has 0 bridgehead atoms. The molecule has 0 radical (unpaired) electrons. The molecule has 0 saturated carbocycles. The standard InChI is InChI=1S/C11H12N4O2S/c1-14-10-4-2-3-5-11(10)18(16,17)15(8-6-12)9-7-13/h2-5,14H,8-9H2,1H3. The molecule has 0 atom stereocenters. The van der Waals surface area contributed by atoms with Gasteiger partial charge in [0.2, 0.25) is 10.0 Å². The minimum absolute atomic E-state index is 0.0537. The Balaban J connectivity index is 3.28. The Hall–Kier alpha value is -2.09. The van der Waals surface area contributed by atoms with E-state index in [1.54, 1.807) is 37.4 Å². The molecule has 0 fully saturated rings. The number of nitriles is 2. The summed E-state index contributed by atoms with van der Waals surface area (Å²) in [5.74, 6) is 0. The monoisotopic (exact) mass is 264 g/mol. The lowest BCUT2D eigenvalue weighted by Gasteiger charge is -2.18. The summed E-state index contributed by atoms with van der Waals surface area (Å²) >= 11 is 0. The van der Waals surface area contributed by atoms with Gasteiger partial charge >= 0.3 is 0 Å². The summed E-state index contributed by atoms with van der Waals surface area (Å²) < 4.78 is 25.4. The van der Waals surface area contributed by atoms with Crippen LogP contribution >= 0.6 is 0 Å². The lowest BCUT2D eigenvalue weighted by Crippen LogP contribution is -2.32. The fourth-order valence-corrected chi connectivity index (χ4v) is 2.85. The largest absolute Gasteiger partial charge is 0.387 e. The highest BCUT2D eigenvalue weighted by Crippen LogP contribution is 2.23. The minimum Gasteiger partial charge on any atom is -0.387 e. The van der Waals surface area contributed by atoms with E-state index in [0.717, 1.165) is 4.31 Å². The third-order valence-corrected chi connectivity index (χ3v) is 4.12. The van der Waals surface area contributed by atoms with Crippen LogP contribution in [0.1, 0.15) is 0 Å². The zero-order valence-corrected chi connectivity index (χ0v) is 10.6. The van der Waals surface area contributed by atoms with Crippen LogP contribution in [0.4, 0.5) is 5.69 Å². The fraction of sp³-hybridized carbons (Fsp3) is 0.273. The van der Waals surface area contributed by atoms with Crippen molar-refractivity contribution in [3.05, 3.63) is 24.3 Å². The normalized spacial score (nSPS) is 10.7. The van der Waals surface area contributed by atoms with Gasteiger partial charge in [0.15, 0.2) is 0 Å². The molecule has 6 nitrogen and oxygen atoms in total. The van der Waals surface area contributed by atoms with E-state index in [0.29, 0.717) is 5.69 Å². The molecule has 0 saturated heterocycles. The maximum atomic E-state index is 12.3. The predicted molar refractivity (Wildman–Crippen MR) is 66.0 cm³/mol. The number of anilines is 1. The summed E-state index contributed by atoms with van der Waals surface area (Å²) in [5, 5.41) is 20.0. The first-order valence-corrected chi connectivity index (χ1v) is 6.52. The summed E-state index contributed by atoms with van der Waals surface area (Å²) in [7, 11) is -2.24. The van der Waals surface area contributed by atoms with E-state index in [4.69, 9.17) is 10.5 Å². The second-order valence-electron chi connectivity index (χ2n) is 3.34. The van der Waals surface area contributed by atoms with Gasteiger partial charge in [0.1, 0.15) is 18.0 Å². The summed E-state index contributed by atoms with van der Waals surface area (Å²) in [6.45, 7) is -0.706. The number of rotatable bonds is 5. The first-order chi connectivity index (χ1) is 8.57. The van der Waals surface area contributed by atoms with Gasteiger partial charge < -0.3 is 5.32 Å². The van der Waals surface area contributed by atoms with Crippen molar-refractivity contribution in [3.63, 3.8) is 0 Å². The quantitative estimate of drug-likeness (QED) is 0.792. The van der Waals surface area contributed by atoms with Crippen molar-refractivity contribution in [2.75, 3.05) is 25.5 Å². The van der Waals surface area contributed by atoms with Gasteiger partial charge in [-0.15, -0.1) is 0 Å². The molecule has 7 heteroatoms. The third-order valence-electron chi connectivity index (χ3n) is 2.27. The molecular weight excluding hydrogens is 252 g/mol. The molecule has 0 heterocycles. The number of sulfonamides is 1. The van der Waals surface area contributed by atoms with Crippen molar-refractivity contribution in [1.29, 1.82) is 10.5 Å². The lowest BCUT2D eigenvalue weighted by molar-refractivity contribution is 0.480. The van der Waals surface area contributed by atoms with E-state index in [1.807, 2.05) is 0 Å². The highest BCUT2D eigenvalue weighted by Gasteiger charge is 2.26. The van der Waals surface area contributed by atoms with Gasteiger partial charge in [0.05, 0.1) is 17.8 Å². The van der Waals surface area contributed by atoms with Crippen LogP contribution in [0.5, 0.6) is 0 Å². The molecule has 0 aliphatic carbocycles. The van der Waals surface area contributed by atoms with E-state index in [1.165, 1.54) is 6.07 Å². The first-order valence-electron chi connectivity index (χ1n) is 5.08. The van der Waals surface area contributed by atoms with Gasteiger partial charge in [0.25, 0.3) is 0 Å². The molecule has 0 amide bonds. The van der Waals surface area contributed by atoms with Gasteiger partial charge in [-0.05, 0) is 12.1 Å². The van der Waals surface area contributed by atoms with E-state index < -0.39 is 10.0 Å². The molecule has 1 aromatic rings. The Bertz CT molecular complexity index is 582. The third kappa shape index (κ3) is 2.77. The Labute approximate surface area is 106 Å². The Kier molecular flexibility index (Phi) is 4.67. The van der Waals surface area contributed by atoms with Crippen molar-refractivity contribution < 1.29 is 8.42 Å². The fourth-order valence-electron chi connectivity index (χ4n) is 1.42. The minimum atomic E-state index is -3.84. The van der Waals surface area contributed by atoms with Crippen LogP contribution in [-0.2, 0) is 10.0 Å². The van der Waals surface area contributed by atoms with Gasteiger partial charge in [-0.1, -0.05) is 12.1 Å². The van der Waals surface area contributed by atoms with Crippen molar-refractivity contribution in [3.8, 4) is 12.1 Å². The van der Waals surface area contributed by atoms with Crippen LogP contribution in [0.15, 0.2) is 29.2 Å². The number of hydrogen-bond acceptors (Lipinski definition) is 5. The highest BCUT2D eigenvalue weighted by molar-refractivity contribution is 7.89. The summed E-state index contributed by atoms with van der Waals surface area (Å²) in [6.07, 6.45) is 0. The number of hydrogen-bond donors (Lipinski definition) is 1. The zero-order chi connectivity index (χ0) is 13.6. The number of benzene rings is 1. The van der Waals surface area contributed by atoms with Crippen LogP contribution in [-0.4, -0.2) is 32.9 Å². The van der Waals surface area contributed by atoms with Crippen LogP contribution in [0.2, 0.25) is 0 Å². The molecule has 94 valence electrons. The van der Waals surface area contributed by atoms with E-state index in [2.05, 4.69) is 5.32 Å². The molecule has 18 heavy (non-hydrogen) atoms. The van der Waals surface area contributed by atoms with Crippen LogP contribution in [0.3, 0.4) is 0 Å². The van der Waals surface area contributed by atoms with Crippen molar-refractivity contribution >= 4 is 15.7 Å². The smallest absolute Gasteiger partial charge is 0.247 e. The zero-order valence-electron chi connectivity index (χ0n) is 9.79. The maximum Gasteiger partial charge on any atom is 0.247 e. The lowest BCUT2D eigenvalue weighted by atomic mass is 10.3. The predicted octanol–water partition coefficient (Wildman–Crippen LogP) is 0.766. The van der Waals surface area contributed by atoms with Crippen LogP contribution in [0, 0.1) is 22.7 Å². The van der Waals surface area contributed by atoms with Crippen LogP contribution < -0.4 is 5.32 Å². The molecule has 0 spiro atoms. The Morgan fingerprint density at radius 2 is 1.78 bits per heavy atom. The average Bonchev–Trinajstić information content (AvgIpc) is 2.38. The van der Waals surface area contributed by atoms with E-state index in [-0.39, 0.29) is 18.0 Å². The number of para-hydroxylation sites is 1. The van der Waals surface area contributed by atoms with E-state index in [9.17, 15) is 8.42 Å². The van der Waals surface area contributed by atoms with Crippen molar-refractivity contribution in [2.45, 2.75) is 4.90 Å². The second-order valence-corrected chi connectivity index (χ2v) is 5.24. The molecular formula is C11H12N4O2S. The topological polar surface area (TPSA) is 97.0 Å². The molecule has 0 unspecified atom stereocenters. The molecule has 1 aromatic carbocycles. The molecule has 1 N–H and O–H groups in total. The van der Waals surface area contributed by atoms with Gasteiger partial charge in [-0.3, -0.25) is 0 Å². The Morgan fingerprint density at radius 3 is 2.28 bits per heavy atom. The SMILES string of the molecule is CNc1ccccc1S(=O)(=O)N(CC#N)CC#N. The van der Waals surface area contributed by atoms with Gasteiger partial charge in [-0.2, -0.15) is 14.8 Å². The van der Waals surface area contributed by atoms with Crippen LogP contribution in [0.25, 0.3) is 0 Å². The van der Waals surface area contributed by atoms with Gasteiger partial charge in [0, 0.05) is 7.05 Å². The highest BCUT2D eigenvalue weighted by atomic mass is 32.2. The number of nitrogens with one attached hydrogen (secondary N) is 1. The molecule has 1 rings (SSSR count). The maximum absolute atomic E-state index is 12.3. The van der Waals surface area contributed by atoms with Crippen molar-refractivity contribution in [2.24, 2.45) is 0 Å². The Morgan fingerprint density at radius 1 is 1.22 bits per heavy atom.